The standard InChI is InChI=1S/C18H16N8OS/c1-25-15-12(8-21-26(18(15)27)9-11-5-6-20-24-11)16-17(25)23-14(28-16)7-10-3-2-4-13(19)22-10/h2-6,8H,7,9H2,1H3,(H2,19,22)(H,20,24). The zero-order valence-electron chi connectivity index (χ0n) is 15.0. The van der Waals surface area contributed by atoms with Crippen LogP contribution in [0.25, 0.3) is 21.3 Å². The predicted molar refractivity (Wildman–Crippen MR) is 107 cm³/mol. The predicted octanol–water partition coefficient (Wildman–Crippen LogP) is 1.68. The second-order valence-electron chi connectivity index (χ2n) is 6.49. The molecule has 5 heterocycles. The fourth-order valence-corrected chi connectivity index (χ4v) is 4.43. The molecule has 9 nitrogen and oxygen atoms in total. The number of nitrogen functional groups attached to an aromatic ring is 1. The molecule has 0 fully saturated rings. The molecule has 0 spiro atoms. The van der Waals surface area contributed by atoms with E-state index < -0.39 is 0 Å². The first-order valence-electron chi connectivity index (χ1n) is 8.64. The lowest BCUT2D eigenvalue weighted by Crippen LogP contribution is -2.24. The van der Waals surface area contributed by atoms with Crippen LogP contribution in [-0.4, -0.2) is 34.5 Å². The maximum atomic E-state index is 13.0. The lowest BCUT2D eigenvalue weighted by molar-refractivity contribution is 0.631. The van der Waals surface area contributed by atoms with Gasteiger partial charge in [0.05, 0.1) is 23.1 Å². The third-order valence-electron chi connectivity index (χ3n) is 4.60. The molecule has 5 aromatic heterocycles. The molecule has 0 atom stereocenters. The van der Waals surface area contributed by atoms with Crippen LogP contribution in [0.15, 0.2) is 41.5 Å². The van der Waals surface area contributed by atoms with Crippen molar-refractivity contribution >= 4 is 38.4 Å². The van der Waals surface area contributed by atoms with Crippen LogP contribution in [0.3, 0.4) is 0 Å². The number of anilines is 1. The number of hydrogen-bond acceptors (Lipinski definition) is 7. The van der Waals surface area contributed by atoms with Crippen LogP contribution in [0.1, 0.15) is 16.4 Å². The van der Waals surface area contributed by atoms with Gasteiger partial charge in [-0.2, -0.15) is 10.2 Å². The smallest absolute Gasteiger partial charge is 0.291 e. The van der Waals surface area contributed by atoms with Gasteiger partial charge < -0.3 is 10.3 Å². The second-order valence-corrected chi connectivity index (χ2v) is 7.57. The first-order chi connectivity index (χ1) is 13.6. The molecule has 5 rings (SSSR count). The number of aryl methyl sites for hydroxylation is 1. The molecule has 0 radical (unpaired) electrons. The van der Waals surface area contributed by atoms with Crippen molar-refractivity contribution in [3.63, 3.8) is 0 Å². The molecule has 0 aromatic carbocycles. The van der Waals surface area contributed by atoms with Gasteiger partial charge in [0, 0.05) is 30.7 Å². The van der Waals surface area contributed by atoms with E-state index in [1.807, 2.05) is 29.8 Å². The van der Waals surface area contributed by atoms with Crippen LogP contribution in [-0.2, 0) is 20.0 Å². The number of pyridine rings is 1. The summed E-state index contributed by atoms with van der Waals surface area (Å²) in [6.07, 6.45) is 4.04. The number of thiazole rings is 1. The van der Waals surface area contributed by atoms with Crippen LogP contribution in [0.5, 0.6) is 0 Å². The molecule has 0 aliphatic rings. The summed E-state index contributed by atoms with van der Waals surface area (Å²) in [7, 11) is 1.85. The van der Waals surface area contributed by atoms with Gasteiger partial charge in [0.1, 0.15) is 16.3 Å². The maximum absolute atomic E-state index is 13.0. The van der Waals surface area contributed by atoms with Crippen molar-refractivity contribution in [2.24, 2.45) is 7.05 Å². The Morgan fingerprint density at radius 1 is 1.21 bits per heavy atom. The third-order valence-corrected chi connectivity index (χ3v) is 5.68. The Balaban J connectivity index is 1.58. The minimum absolute atomic E-state index is 0.160. The Hall–Kier alpha value is -3.53. The normalized spacial score (nSPS) is 11.6. The Morgan fingerprint density at radius 2 is 2.11 bits per heavy atom. The fourth-order valence-electron chi connectivity index (χ4n) is 3.30. The Labute approximate surface area is 162 Å². The average Bonchev–Trinajstić information content (AvgIpc) is 3.37. The van der Waals surface area contributed by atoms with E-state index in [1.54, 1.807) is 29.8 Å². The summed E-state index contributed by atoms with van der Waals surface area (Å²) < 4.78 is 4.20. The van der Waals surface area contributed by atoms with E-state index in [4.69, 9.17) is 10.7 Å². The minimum atomic E-state index is -0.160. The van der Waals surface area contributed by atoms with Gasteiger partial charge in [-0.1, -0.05) is 6.07 Å². The van der Waals surface area contributed by atoms with Crippen molar-refractivity contribution in [1.82, 2.24) is 34.5 Å². The van der Waals surface area contributed by atoms with E-state index in [1.165, 1.54) is 4.68 Å². The van der Waals surface area contributed by atoms with E-state index >= 15 is 0 Å². The lowest BCUT2D eigenvalue weighted by Gasteiger charge is -2.03. The summed E-state index contributed by atoms with van der Waals surface area (Å²) >= 11 is 1.55. The number of rotatable bonds is 4. The molecule has 0 bridgehead atoms. The lowest BCUT2D eigenvalue weighted by atomic mass is 10.3. The van der Waals surface area contributed by atoms with Crippen LogP contribution in [0.4, 0.5) is 5.82 Å². The van der Waals surface area contributed by atoms with Crippen molar-refractivity contribution < 1.29 is 0 Å². The SMILES string of the molecule is Cn1c2nc(Cc3cccc(N)n3)sc2c2cnn(Cc3cc[nH]n3)c(=O)c21. The number of hydrogen-bond donors (Lipinski definition) is 2. The minimum Gasteiger partial charge on any atom is -0.384 e. The average molecular weight is 392 g/mol. The maximum Gasteiger partial charge on any atom is 0.291 e. The largest absolute Gasteiger partial charge is 0.384 e. The molecular weight excluding hydrogens is 376 g/mol. The highest BCUT2D eigenvalue weighted by Gasteiger charge is 2.18. The molecule has 3 N–H and O–H groups in total. The number of nitrogens with zero attached hydrogens (tertiary/aromatic N) is 6. The van der Waals surface area contributed by atoms with E-state index in [9.17, 15) is 4.79 Å². The number of aromatic amines is 1. The van der Waals surface area contributed by atoms with Gasteiger partial charge in [-0.25, -0.2) is 14.6 Å². The summed E-state index contributed by atoms with van der Waals surface area (Å²) in [5.74, 6) is 0.491. The zero-order chi connectivity index (χ0) is 19.3. The topological polar surface area (TPSA) is 120 Å². The molecule has 0 aliphatic carbocycles. The molecular formula is C18H16N8OS. The van der Waals surface area contributed by atoms with Gasteiger partial charge in [-0.05, 0) is 18.2 Å². The number of nitrogens with two attached hydrogens (primary N) is 1. The van der Waals surface area contributed by atoms with Gasteiger partial charge in [0.2, 0.25) is 0 Å². The second kappa shape index (κ2) is 6.27. The molecule has 0 saturated carbocycles. The first-order valence-corrected chi connectivity index (χ1v) is 9.46. The highest BCUT2D eigenvalue weighted by Crippen LogP contribution is 2.31. The zero-order valence-corrected chi connectivity index (χ0v) is 15.8. The molecule has 5 aromatic rings. The van der Waals surface area contributed by atoms with Crippen LogP contribution >= 0.6 is 11.3 Å². The number of nitrogens with one attached hydrogen (secondary N) is 1. The molecule has 0 amide bonds. The van der Waals surface area contributed by atoms with Crippen molar-refractivity contribution in [3.05, 3.63) is 63.4 Å². The van der Waals surface area contributed by atoms with Crippen molar-refractivity contribution in [1.29, 1.82) is 0 Å². The third kappa shape index (κ3) is 2.65. The Morgan fingerprint density at radius 3 is 2.89 bits per heavy atom. The quantitative estimate of drug-likeness (QED) is 0.480. The van der Waals surface area contributed by atoms with E-state index in [2.05, 4.69) is 20.3 Å². The van der Waals surface area contributed by atoms with E-state index in [-0.39, 0.29) is 5.56 Å². The Bertz CT molecular complexity index is 1360. The summed E-state index contributed by atoms with van der Waals surface area (Å²) in [4.78, 5) is 22.0. The summed E-state index contributed by atoms with van der Waals surface area (Å²) in [5, 5.41) is 12.9. The van der Waals surface area contributed by atoms with E-state index in [0.717, 1.165) is 32.1 Å². The summed E-state index contributed by atoms with van der Waals surface area (Å²) in [5.41, 5.74) is 8.58. The van der Waals surface area contributed by atoms with Gasteiger partial charge in [0.15, 0.2) is 5.65 Å². The summed E-state index contributed by atoms with van der Waals surface area (Å²) in [6.45, 7) is 0.316. The van der Waals surface area contributed by atoms with Crippen molar-refractivity contribution in [2.45, 2.75) is 13.0 Å². The van der Waals surface area contributed by atoms with E-state index in [0.29, 0.717) is 24.3 Å². The van der Waals surface area contributed by atoms with Gasteiger partial charge >= 0.3 is 0 Å². The highest BCUT2D eigenvalue weighted by atomic mass is 32.1. The highest BCUT2D eigenvalue weighted by molar-refractivity contribution is 7.19. The molecule has 0 unspecified atom stereocenters. The molecule has 10 heteroatoms. The van der Waals surface area contributed by atoms with Crippen LogP contribution in [0.2, 0.25) is 0 Å². The number of aromatic nitrogens is 7. The summed E-state index contributed by atoms with van der Waals surface area (Å²) in [6, 6.07) is 7.39. The van der Waals surface area contributed by atoms with Crippen LogP contribution in [0, 0.1) is 0 Å². The van der Waals surface area contributed by atoms with Gasteiger partial charge in [-0.15, -0.1) is 11.3 Å². The monoisotopic (exact) mass is 392 g/mol. The van der Waals surface area contributed by atoms with Gasteiger partial charge in [-0.3, -0.25) is 9.89 Å². The number of fused-ring (bicyclic) bond motifs is 3. The molecule has 0 saturated heterocycles. The first kappa shape index (κ1) is 16.6. The van der Waals surface area contributed by atoms with Gasteiger partial charge in [0.25, 0.3) is 5.56 Å². The van der Waals surface area contributed by atoms with Crippen molar-refractivity contribution in [3.8, 4) is 0 Å². The Kier molecular flexibility index (Phi) is 3.72. The molecule has 0 aliphatic heterocycles. The molecule has 140 valence electrons. The van der Waals surface area contributed by atoms with Crippen LogP contribution < -0.4 is 11.3 Å². The molecule has 28 heavy (non-hydrogen) atoms. The number of H-pyrrole nitrogens is 1. The van der Waals surface area contributed by atoms with Crippen molar-refractivity contribution in [2.75, 3.05) is 5.73 Å². The fraction of sp³-hybridized carbons (Fsp3) is 0.167.